The fourth-order valence-electron chi connectivity index (χ4n) is 3.55. The zero-order valence-electron chi connectivity index (χ0n) is 21.8. The largest absolute Gasteiger partial charge is 0.493 e. The van der Waals surface area contributed by atoms with Gasteiger partial charge >= 0.3 is 11.9 Å². The Hall–Kier alpha value is -4.63. The second-order valence-corrected chi connectivity index (χ2v) is 9.11. The van der Waals surface area contributed by atoms with E-state index in [0.29, 0.717) is 45.6 Å². The molecule has 0 saturated heterocycles. The van der Waals surface area contributed by atoms with Gasteiger partial charge in [0.2, 0.25) is 0 Å². The highest BCUT2D eigenvalue weighted by molar-refractivity contribution is 7.99. The average Bonchev–Trinajstić information content (AvgIpc) is 2.98. The van der Waals surface area contributed by atoms with Crippen molar-refractivity contribution in [1.29, 1.82) is 0 Å². The predicted molar refractivity (Wildman–Crippen MR) is 146 cm³/mol. The summed E-state index contributed by atoms with van der Waals surface area (Å²) in [6, 6.07) is 24.0. The Morgan fingerprint density at radius 2 is 0.846 bits per heavy atom. The van der Waals surface area contributed by atoms with Gasteiger partial charge in [-0.25, -0.2) is 9.59 Å². The van der Waals surface area contributed by atoms with Crippen molar-refractivity contribution < 1.29 is 38.0 Å². The van der Waals surface area contributed by atoms with Crippen LogP contribution in [0, 0.1) is 0 Å². The fourth-order valence-corrected chi connectivity index (χ4v) is 4.36. The summed E-state index contributed by atoms with van der Waals surface area (Å²) < 4.78 is 31.9. The maximum atomic E-state index is 12.5. The summed E-state index contributed by atoms with van der Waals surface area (Å²) in [5.41, 5.74) is 0.691. The zero-order valence-corrected chi connectivity index (χ0v) is 22.6. The first-order valence-electron chi connectivity index (χ1n) is 11.7. The molecule has 0 heterocycles. The molecule has 0 aliphatic rings. The van der Waals surface area contributed by atoms with Crippen molar-refractivity contribution in [3.8, 4) is 34.5 Å². The standard InChI is InChI=1S/C30H26O8S/c1-33-25-15-5-19(17-27(25)35-3)29(31)37-21-7-11-23(12-8-21)39-24-13-9-22(10-14-24)38-30(32)20-6-16-26(34-2)28(18-20)36-4/h5-18H,1-4H3. The summed E-state index contributed by atoms with van der Waals surface area (Å²) in [5.74, 6) is 1.76. The lowest BCUT2D eigenvalue weighted by Gasteiger charge is -2.10. The summed E-state index contributed by atoms with van der Waals surface area (Å²) in [4.78, 5) is 27.0. The second-order valence-electron chi connectivity index (χ2n) is 7.96. The Balaban J connectivity index is 1.34. The summed E-state index contributed by atoms with van der Waals surface area (Å²) in [6.45, 7) is 0. The number of carbonyl (C=O) groups is 2. The van der Waals surface area contributed by atoms with Gasteiger partial charge in [0.25, 0.3) is 0 Å². The van der Waals surface area contributed by atoms with Crippen molar-refractivity contribution in [2.24, 2.45) is 0 Å². The number of methoxy groups -OCH3 is 4. The molecule has 200 valence electrons. The maximum absolute atomic E-state index is 12.5. The second kappa shape index (κ2) is 12.7. The number of ether oxygens (including phenoxy) is 6. The molecule has 4 aromatic carbocycles. The maximum Gasteiger partial charge on any atom is 0.343 e. The minimum atomic E-state index is -0.505. The van der Waals surface area contributed by atoms with E-state index in [2.05, 4.69) is 0 Å². The lowest BCUT2D eigenvalue weighted by Crippen LogP contribution is -2.09. The van der Waals surface area contributed by atoms with Gasteiger partial charge in [-0.3, -0.25) is 0 Å². The van der Waals surface area contributed by atoms with E-state index in [-0.39, 0.29) is 0 Å². The molecule has 4 rings (SSSR count). The van der Waals surface area contributed by atoms with Crippen molar-refractivity contribution in [3.63, 3.8) is 0 Å². The third-order valence-corrected chi connectivity index (χ3v) is 6.56. The molecule has 0 saturated carbocycles. The molecule has 39 heavy (non-hydrogen) atoms. The van der Waals surface area contributed by atoms with E-state index in [9.17, 15) is 9.59 Å². The minimum Gasteiger partial charge on any atom is -0.493 e. The van der Waals surface area contributed by atoms with Gasteiger partial charge in [-0.05, 0) is 84.9 Å². The number of benzene rings is 4. The van der Waals surface area contributed by atoms with E-state index < -0.39 is 11.9 Å². The van der Waals surface area contributed by atoms with Crippen LogP contribution < -0.4 is 28.4 Å². The molecule has 0 spiro atoms. The van der Waals surface area contributed by atoms with Crippen LogP contribution in [0.5, 0.6) is 34.5 Å². The van der Waals surface area contributed by atoms with Crippen LogP contribution in [0.2, 0.25) is 0 Å². The third-order valence-electron chi connectivity index (χ3n) is 5.54. The molecule has 0 N–H and O–H groups in total. The average molecular weight is 547 g/mol. The molecule has 8 nitrogen and oxygen atoms in total. The summed E-state index contributed by atoms with van der Waals surface area (Å²) >= 11 is 1.51. The van der Waals surface area contributed by atoms with Crippen LogP contribution in [0.25, 0.3) is 0 Å². The van der Waals surface area contributed by atoms with Crippen molar-refractivity contribution in [2.45, 2.75) is 9.79 Å². The molecule has 0 bridgehead atoms. The third kappa shape index (κ3) is 6.82. The van der Waals surface area contributed by atoms with Crippen LogP contribution in [0.1, 0.15) is 20.7 Å². The Kier molecular flexibility index (Phi) is 8.96. The Bertz CT molecular complexity index is 1340. The quantitative estimate of drug-likeness (QED) is 0.168. The molecule has 0 radical (unpaired) electrons. The molecular formula is C30H26O8S. The predicted octanol–water partition coefficient (Wildman–Crippen LogP) is 6.31. The van der Waals surface area contributed by atoms with Crippen molar-refractivity contribution in [2.75, 3.05) is 28.4 Å². The van der Waals surface area contributed by atoms with Crippen LogP contribution in [0.15, 0.2) is 94.7 Å². The monoisotopic (exact) mass is 546 g/mol. The SMILES string of the molecule is COc1ccc(C(=O)Oc2ccc(Sc3ccc(OC(=O)c4ccc(OC)c(OC)c4)cc3)cc2)cc1OC. The van der Waals surface area contributed by atoms with Crippen molar-refractivity contribution in [1.82, 2.24) is 0 Å². The number of hydrogen-bond donors (Lipinski definition) is 0. The number of rotatable bonds is 10. The number of esters is 2. The smallest absolute Gasteiger partial charge is 0.343 e. The topological polar surface area (TPSA) is 89.5 Å². The van der Waals surface area contributed by atoms with Crippen LogP contribution in [0.3, 0.4) is 0 Å². The van der Waals surface area contributed by atoms with E-state index in [0.717, 1.165) is 9.79 Å². The molecule has 4 aromatic rings. The molecular weight excluding hydrogens is 520 g/mol. The normalized spacial score (nSPS) is 10.4. The lowest BCUT2D eigenvalue weighted by molar-refractivity contribution is 0.0724. The highest BCUT2D eigenvalue weighted by Gasteiger charge is 2.14. The lowest BCUT2D eigenvalue weighted by atomic mass is 10.2. The molecule has 0 atom stereocenters. The van der Waals surface area contributed by atoms with E-state index in [1.165, 1.54) is 40.2 Å². The summed E-state index contributed by atoms with van der Waals surface area (Å²) in [7, 11) is 6.06. The minimum absolute atomic E-state index is 0.345. The molecule has 0 aromatic heterocycles. The van der Waals surface area contributed by atoms with E-state index in [4.69, 9.17) is 28.4 Å². The Morgan fingerprint density at radius 1 is 0.487 bits per heavy atom. The Morgan fingerprint density at radius 3 is 1.18 bits per heavy atom. The highest BCUT2D eigenvalue weighted by Crippen LogP contribution is 2.32. The number of carbonyl (C=O) groups excluding carboxylic acids is 2. The van der Waals surface area contributed by atoms with Gasteiger partial charge in [0.1, 0.15) is 11.5 Å². The first kappa shape index (κ1) is 27.4. The fraction of sp³-hybridized carbons (Fsp3) is 0.133. The van der Waals surface area contributed by atoms with E-state index >= 15 is 0 Å². The van der Waals surface area contributed by atoms with Gasteiger partial charge in [-0.1, -0.05) is 11.8 Å². The number of hydrogen-bond acceptors (Lipinski definition) is 9. The Labute approximate surface area is 230 Å². The first-order valence-corrected chi connectivity index (χ1v) is 12.5. The molecule has 0 fully saturated rings. The summed E-state index contributed by atoms with van der Waals surface area (Å²) in [6.07, 6.45) is 0. The van der Waals surface area contributed by atoms with E-state index in [1.807, 2.05) is 24.3 Å². The van der Waals surface area contributed by atoms with Crippen LogP contribution in [-0.2, 0) is 0 Å². The van der Waals surface area contributed by atoms with Gasteiger partial charge in [-0.2, -0.15) is 0 Å². The molecule has 9 heteroatoms. The van der Waals surface area contributed by atoms with E-state index in [1.54, 1.807) is 60.7 Å². The van der Waals surface area contributed by atoms with Gasteiger partial charge in [0.05, 0.1) is 39.6 Å². The van der Waals surface area contributed by atoms with Gasteiger partial charge in [0.15, 0.2) is 23.0 Å². The van der Waals surface area contributed by atoms with Crippen LogP contribution >= 0.6 is 11.8 Å². The molecule has 0 amide bonds. The summed E-state index contributed by atoms with van der Waals surface area (Å²) in [5, 5.41) is 0. The molecule has 0 unspecified atom stereocenters. The van der Waals surface area contributed by atoms with Crippen molar-refractivity contribution in [3.05, 3.63) is 96.1 Å². The first-order chi connectivity index (χ1) is 18.9. The zero-order chi connectivity index (χ0) is 27.8. The van der Waals surface area contributed by atoms with Crippen LogP contribution in [-0.4, -0.2) is 40.4 Å². The van der Waals surface area contributed by atoms with Crippen molar-refractivity contribution >= 4 is 23.7 Å². The van der Waals surface area contributed by atoms with Gasteiger partial charge in [0, 0.05) is 9.79 Å². The van der Waals surface area contributed by atoms with Gasteiger partial charge in [-0.15, -0.1) is 0 Å². The molecule has 0 aliphatic carbocycles. The highest BCUT2D eigenvalue weighted by atomic mass is 32.2. The molecule has 0 aliphatic heterocycles. The van der Waals surface area contributed by atoms with Gasteiger partial charge < -0.3 is 28.4 Å². The van der Waals surface area contributed by atoms with Crippen LogP contribution in [0.4, 0.5) is 0 Å².